The Labute approximate surface area is 120 Å². The first-order valence-electron chi connectivity index (χ1n) is 6.44. The normalized spacial score (nSPS) is 10.4. The minimum Gasteiger partial charge on any atom is -0.367 e. The van der Waals surface area contributed by atoms with E-state index in [0.29, 0.717) is 18.8 Å². The molecule has 0 heterocycles. The first-order valence-corrected chi connectivity index (χ1v) is 6.44. The number of benzene rings is 2. The topological polar surface area (TPSA) is 46.4 Å². The molecule has 0 bridgehead atoms. The highest BCUT2D eigenvalue weighted by Gasteiger charge is 2.10. The van der Waals surface area contributed by atoms with E-state index >= 15 is 0 Å². The van der Waals surface area contributed by atoms with Gasteiger partial charge in [0.05, 0.1) is 4.92 Å². The Morgan fingerprint density at radius 1 is 1.10 bits per heavy atom. The molecule has 0 atom stereocenters. The van der Waals surface area contributed by atoms with Crippen molar-refractivity contribution in [3.05, 3.63) is 69.8 Å². The van der Waals surface area contributed by atoms with Gasteiger partial charge in [-0.1, -0.05) is 12.1 Å². The Kier molecular flexibility index (Phi) is 4.47. The molecule has 2 aromatic carbocycles. The number of non-ortho nitro benzene ring substituents is 1. The Bertz CT molecular complexity index is 645. The van der Waals surface area contributed by atoms with Gasteiger partial charge in [-0.25, -0.2) is 8.78 Å². The average Bonchev–Trinajstić information content (AvgIpc) is 2.48. The highest BCUT2D eigenvalue weighted by atomic mass is 19.2. The predicted molar refractivity (Wildman–Crippen MR) is 76.2 cm³/mol. The zero-order valence-corrected chi connectivity index (χ0v) is 11.4. The molecule has 0 aromatic heterocycles. The van der Waals surface area contributed by atoms with Crippen LogP contribution >= 0.6 is 0 Å². The molecule has 6 heteroatoms. The summed E-state index contributed by atoms with van der Waals surface area (Å²) in [6.07, 6.45) is 0. The number of nitro groups is 1. The molecule has 0 saturated heterocycles. The fourth-order valence-electron chi connectivity index (χ4n) is 2.01. The van der Waals surface area contributed by atoms with Crippen LogP contribution in [0.25, 0.3) is 0 Å². The molecule has 2 rings (SSSR count). The van der Waals surface area contributed by atoms with Gasteiger partial charge in [-0.3, -0.25) is 10.1 Å². The van der Waals surface area contributed by atoms with Gasteiger partial charge in [-0.2, -0.15) is 0 Å². The van der Waals surface area contributed by atoms with E-state index in [1.165, 1.54) is 18.2 Å². The third-order valence-electron chi connectivity index (χ3n) is 3.17. The fraction of sp³-hybridized carbons (Fsp3) is 0.200. The van der Waals surface area contributed by atoms with Crippen molar-refractivity contribution in [1.29, 1.82) is 0 Å². The van der Waals surface area contributed by atoms with Crippen molar-refractivity contribution < 1.29 is 13.7 Å². The number of hydrogen-bond acceptors (Lipinski definition) is 3. The summed E-state index contributed by atoms with van der Waals surface area (Å²) in [4.78, 5) is 12.0. The molecule has 0 unspecified atom stereocenters. The van der Waals surface area contributed by atoms with Crippen LogP contribution in [0.4, 0.5) is 20.2 Å². The molecule has 4 nitrogen and oxygen atoms in total. The van der Waals surface area contributed by atoms with Crippen LogP contribution in [-0.4, -0.2) is 11.5 Å². The third kappa shape index (κ3) is 3.53. The zero-order valence-electron chi connectivity index (χ0n) is 11.4. The van der Waals surface area contributed by atoms with E-state index in [2.05, 4.69) is 0 Å². The Morgan fingerprint density at radius 2 is 1.76 bits per heavy atom. The van der Waals surface area contributed by atoms with E-state index in [1.54, 1.807) is 12.1 Å². The average molecular weight is 292 g/mol. The largest absolute Gasteiger partial charge is 0.367 e. The monoisotopic (exact) mass is 292 g/mol. The molecule has 0 fully saturated rings. The smallest absolute Gasteiger partial charge is 0.269 e. The van der Waals surface area contributed by atoms with Crippen LogP contribution in [0.5, 0.6) is 0 Å². The standard InChI is InChI=1S/C15H14F2N2O2/c1-2-18(13-7-8-14(16)15(17)9-13)10-11-3-5-12(6-4-11)19(20)21/h3-9H,2,10H2,1H3. The molecule has 0 aliphatic carbocycles. The lowest BCUT2D eigenvalue weighted by atomic mass is 10.1. The second kappa shape index (κ2) is 6.30. The highest BCUT2D eigenvalue weighted by Crippen LogP contribution is 2.21. The molecule has 0 aliphatic heterocycles. The Morgan fingerprint density at radius 3 is 2.29 bits per heavy atom. The van der Waals surface area contributed by atoms with Crippen molar-refractivity contribution in [1.82, 2.24) is 0 Å². The first kappa shape index (κ1) is 14.9. The summed E-state index contributed by atoms with van der Waals surface area (Å²) < 4.78 is 26.2. The van der Waals surface area contributed by atoms with Gasteiger partial charge < -0.3 is 4.90 Å². The second-order valence-electron chi connectivity index (χ2n) is 4.54. The summed E-state index contributed by atoms with van der Waals surface area (Å²) in [6, 6.07) is 9.89. The molecular formula is C15H14F2N2O2. The maximum atomic E-state index is 13.3. The minimum atomic E-state index is -0.894. The number of rotatable bonds is 5. The number of nitro benzene ring substituents is 1. The summed E-state index contributed by atoms with van der Waals surface area (Å²) in [7, 11) is 0. The van der Waals surface area contributed by atoms with Crippen LogP contribution in [0.2, 0.25) is 0 Å². The van der Waals surface area contributed by atoms with E-state index in [-0.39, 0.29) is 5.69 Å². The summed E-state index contributed by atoms with van der Waals surface area (Å²) >= 11 is 0. The Balaban J connectivity index is 2.18. The number of nitrogens with zero attached hydrogens (tertiary/aromatic N) is 2. The molecule has 0 spiro atoms. The van der Waals surface area contributed by atoms with Gasteiger partial charge in [0.2, 0.25) is 0 Å². The maximum absolute atomic E-state index is 13.3. The van der Waals surface area contributed by atoms with Crippen LogP contribution in [0.15, 0.2) is 42.5 Å². The lowest BCUT2D eigenvalue weighted by Gasteiger charge is -2.23. The summed E-state index contributed by atoms with van der Waals surface area (Å²) in [5.74, 6) is -1.78. The maximum Gasteiger partial charge on any atom is 0.269 e. The van der Waals surface area contributed by atoms with Gasteiger partial charge >= 0.3 is 0 Å². The summed E-state index contributed by atoms with van der Waals surface area (Å²) in [5, 5.41) is 10.6. The van der Waals surface area contributed by atoms with E-state index in [1.807, 2.05) is 11.8 Å². The van der Waals surface area contributed by atoms with Gasteiger partial charge in [0.25, 0.3) is 5.69 Å². The summed E-state index contributed by atoms with van der Waals surface area (Å²) in [5.41, 5.74) is 1.44. The van der Waals surface area contributed by atoms with Crippen LogP contribution in [0.1, 0.15) is 12.5 Å². The van der Waals surface area contributed by atoms with E-state index < -0.39 is 16.6 Å². The summed E-state index contributed by atoms with van der Waals surface area (Å²) in [6.45, 7) is 2.95. The third-order valence-corrected chi connectivity index (χ3v) is 3.17. The molecule has 110 valence electrons. The van der Waals surface area contributed by atoms with Gasteiger partial charge in [0.15, 0.2) is 11.6 Å². The van der Waals surface area contributed by atoms with Crippen LogP contribution < -0.4 is 4.90 Å². The van der Waals surface area contributed by atoms with Crippen molar-refractivity contribution in [3.8, 4) is 0 Å². The fourth-order valence-corrected chi connectivity index (χ4v) is 2.01. The van der Waals surface area contributed by atoms with E-state index in [0.717, 1.165) is 17.7 Å². The lowest BCUT2D eigenvalue weighted by Crippen LogP contribution is -2.22. The molecule has 0 radical (unpaired) electrons. The minimum absolute atomic E-state index is 0.0228. The molecular weight excluding hydrogens is 278 g/mol. The lowest BCUT2D eigenvalue weighted by molar-refractivity contribution is -0.384. The van der Waals surface area contributed by atoms with Crippen molar-refractivity contribution in [2.24, 2.45) is 0 Å². The molecule has 2 aromatic rings. The second-order valence-corrected chi connectivity index (χ2v) is 4.54. The van der Waals surface area contributed by atoms with Gasteiger partial charge in [-0.15, -0.1) is 0 Å². The predicted octanol–water partition coefficient (Wildman–Crippen LogP) is 3.90. The van der Waals surface area contributed by atoms with Gasteiger partial charge in [0.1, 0.15) is 0 Å². The van der Waals surface area contributed by atoms with Crippen LogP contribution in [-0.2, 0) is 6.54 Å². The van der Waals surface area contributed by atoms with Crippen LogP contribution in [0, 0.1) is 21.7 Å². The molecule has 21 heavy (non-hydrogen) atoms. The van der Waals surface area contributed by atoms with Crippen molar-refractivity contribution in [2.45, 2.75) is 13.5 Å². The molecule has 0 amide bonds. The quantitative estimate of drug-likeness (QED) is 0.620. The van der Waals surface area contributed by atoms with E-state index in [9.17, 15) is 18.9 Å². The molecule has 0 N–H and O–H groups in total. The van der Waals surface area contributed by atoms with Crippen molar-refractivity contribution >= 4 is 11.4 Å². The van der Waals surface area contributed by atoms with E-state index in [4.69, 9.17) is 0 Å². The van der Waals surface area contributed by atoms with Gasteiger partial charge in [0, 0.05) is 37.0 Å². The van der Waals surface area contributed by atoms with Crippen molar-refractivity contribution in [3.63, 3.8) is 0 Å². The first-order chi connectivity index (χ1) is 10.0. The van der Waals surface area contributed by atoms with Crippen molar-refractivity contribution in [2.75, 3.05) is 11.4 Å². The number of anilines is 1. The zero-order chi connectivity index (χ0) is 15.4. The highest BCUT2D eigenvalue weighted by molar-refractivity contribution is 5.47. The van der Waals surface area contributed by atoms with Gasteiger partial charge in [-0.05, 0) is 24.6 Å². The molecule has 0 aliphatic rings. The number of hydrogen-bond donors (Lipinski definition) is 0. The Hall–Kier alpha value is -2.50. The SMILES string of the molecule is CCN(Cc1ccc([N+](=O)[O-])cc1)c1ccc(F)c(F)c1. The molecule has 0 saturated carbocycles. The number of halogens is 2. The van der Waals surface area contributed by atoms with Crippen LogP contribution in [0.3, 0.4) is 0 Å².